The van der Waals surface area contributed by atoms with E-state index in [1.807, 2.05) is 11.8 Å². The standard InChI is InChI=1S/C18H20SSe/c1-16(15-19-17-10-4-2-5-11-17)9-8-14-20-18-12-6-3-7-13-18/h2-7,9-13H,8,14-15H2,1H3/b16-9+. The summed E-state index contributed by atoms with van der Waals surface area (Å²) >= 11 is 2.54. The Morgan fingerprint density at radius 2 is 1.65 bits per heavy atom. The maximum atomic E-state index is 2.40. The van der Waals surface area contributed by atoms with Crippen molar-refractivity contribution in [1.82, 2.24) is 0 Å². The first-order chi connectivity index (χ1) is 9.84. The molecule has 2 aromatic rings. The third-order valence-electron chi connectivity index (χ3n) is 2.83. The molecule has 2 rings (SSSR count). The first-order valence-electron chi connectivity index (χ1n) is 6.86. The zero-order valence-corrected chi connectivity index (χ0v) is 14.3. The van der Waals surface area contributed by atoms with Crippen LogP contribution in [0.5, 0.6) is 0 Å². The van der Waals surface area contributed by atoms with Crippen molar-refractivity contribution in [2.24, 2.45) is 0 Å². The minimum absolute atomic E-state index is 0.616. The number of benzene rings is 2. The third kappa shape index (κ3) is 6.00. The van der Waals surface area contributed by atoms with Crippen molar-refractivity contribution in [3.63, 3.8) is 0 Å². The van der Waals surface area contributed by atoms with Gasteiger partial charge in [-0.15, -0.1) is 0 Å². The Bertz CT molecular complexity index is 520. The molecule has 104 valence electrons. The summed E-state index contributed by atoms with van der Waals surface area (Å²) in [6.45, 7) is 2.24. The van der Waals surface area contributed by atoms with E-state index in [9.17, 15) is 0 Å². The minimum atomic E-state index is 0.616. The summed E-state index contributed by atoms with van der Waals surface area (Å²) in [5, 5.41) is 1.30. The van der Waals surface area contributed by atoms with Crippen molar-refractivity contribution >= 4 is 31.2 Å². The van der Waals surface area contributed by atoms with Crippen LogP contribution in [0.15, 0.2) is 77.2 Å². The molecule has 0 atom stereocenters. The molecule has 0 spiro atoms. The van der Waals surface area contributed by atoms with E-state index in [0.717, 1.165) is 5.75 Å². The van der Waals surface area contributed by atoms with E-state index in [2.05, 4.69) is 73.7 Å². The number of hydrogen-bond acceptors (Lipinski definition) is 1. The fourth-order valence-corrected chi connectivity index (χ4v) is 4.36. The van der Waals surface area contributed by atoms with Gasteiger partial charge in [0.2, 0.25) is 0 Å². The van der Waals surface area contributed by atoms with Crippen LogP contribution in [0.4, 0.5) is 0 Å². The van der Waals surface area contributed by atoms with Gasteiger partial charge in [0.05, 0.1) is 0 Å². The van der Waals surface area contributed by atoms with Crippen LogP contribution in [0.1, 0.15) is 13.3 Å². The maximum absolute atomic E-state index is 2.40. The van der Waals surface area contributed by atoms with Crippen LogP contribution in [0.3, 0.4) is 0 Å². The summed E-state index contributed by atoms with van der Waals surface area (Å²) < 4.78 is 1.50. The fourth-order valence-electron chi connectivity index (χ4n) is 1.77. The monoisotopic (exact) mass is 348 g/mol. The molecule has 0 heterocycles. The van der Waals surface area contributed by atoms with Crippen LogP contribution < -0.4 is 4.46 Å². The Hall–Kier alpha value is -0.951. The molecule has 0 unspecified atom stereocenters. The van der Waals surface area contributed by atoms with Crippen LogP contribution in [-0.4, -0.2) is 20.7 Å². The Kier molecular flexibility index (Phi) is 7.00. The van der Waals surface area contributed by atoms with Gasteiger partial charge >= 0.3 is 133 Å². The molecule has 0 saturated carbocycles. The molecule has 0 bridgehead atoms. The second-order valence-electron chi connectivity index (χ2n) is 4.60. The molecule has 0 radical (unpaired) electrons. The van der Waals surface area contributed by atoms with E-state index in [1.165, 1.54) is 26.7 Å². The summed E-state index contributed by atoms with van der Waals surface area (Å²) in [5.74, 6) is 1.10. The third-order valence-corrected chi connectivity index (χ3v) is 6.23. The van der Waals surface area contributed by atoms with Gasteiger partial charge in [0.15, 0.2) is 0 Å². The molecule has 0 N–H and O–H groups in total. The molecule has 0 fully saturated rings. The Labute approximate surface area is 132 Å². The Morgan fingerprint density at radius 3 is 2.35 bits per heavy atom. The zero-order valence-electron chi connectivity index (χ0n) is 11.8. The molecule has 2 heteroatoms. The number of rotatable bonds is 7. The predicted octanol–water partition coefficient (Wildman–Crippen LogP) is 4.56. The normalized spacial score (nSPS) is 11.6. The van der Waals surface area contributed by atoms with Gasteiger partial charge in [-0.2, -0.15) is 0 Å². The van der Waals surface area contributed by atoms with E-state index < -0.39 is 0 Å². The van der Waals surface area contributed by atoms with Gasteiger partial charge in [0.1, 0.15) is 0 Å². The van der Waals surface area contributed by atoms with Crippen molar-refractivity contribution < 1.29 is 0 Å². The molecule has 2 aromatic carbocycles. The van der Waals surface area contributed by atoms with Crippen molar-refractivity contribution in [1.29, 1.82) is 0 Å². The van der Waals surface area contributed by atoms with Crippen molar-refractivity contribution in [3.8, 4) is 0 Å². The van der Waals surface area contributed by atoms with E-state index >= 15 is 0 Å². The molecule has 0 aliphatic carbocycles. The van der Waals surface area contributed by atoms with E-state index in [0.29, 0.717) is 15.0 Å². The summed E-state index contributed by atoms with van der Waals surface area (Å²) in [6.07, 6.45) is 3.61. The van der Waals surface area contributed by atoms with Gasteiger partial charge in [0.25, 0.3) is 0 Å². The Morgan fingerprint density at radius 1 is 1.00 bits per heavy atom. The van der Waals surface area contributed by atoms with Crippen molar-refractivity contribution in [2.45, 2.75) is 23.6 Å². The number of allylic oxidation sites excluding steroid dienone is 1. The SMILES string of the molecule is C/C(=C\CC[Se]c1ccccc1)CSc1ccccc1. The van der Waals surface area contributed by atoms with Gasteiger partial charge in [-0.1, -0.05) is 0 Å². The average Bonchev–Trinajstić information content (AvgIpc) is 2.52. The summed E-state index contributed by atoms with van der Waals surface area (Å²) in [6, 6.07) is 21.5. The first kappa shape index (κ1) is 15.4. The zero-order chi connectivity index (χ0) is 14.0. The Balaban J connectivity index is 1.66. The topological polar surface area (TPSA) is 0 Å². The van der Waals surface area contributed by atoms with E-state index in [4.69, 9.17) is 0 Å². The molecule has 0 aliphatic heterocycles. The van der Waals surface area contributed by atoms with Crippen molar-refractivity contribution in [3.05, 3.63) is 72.3 Å². The van der Waals surface area contributed by atoms with Crippen LogP contribution in [0.2, 0.25) is 5.32 Å². The summed E-state index contributed by atoms with van der Waals surface area (Å²) in [4.78, 5) is 1.36. The van der Waals surface area contributed by atoms with E-state index in [1.54, 1.807) is 0 Å². The quantitative estimate of drug-likeness (QED) is 0.306. The van der Waals surface area contributed by atoms with Gasteiger partial charge in [-0.3, -0.25) is 0 Å². The molecule has 0 amide bonds. The molecule has 0 aliphatic rings. The average molecular weight is 347 g/mol. The van der Waals surface area contributed by atoms with E-state index in [-0.39, 0.29) is 0 Å². The van der Waals surface area contributed by atoms with Crippen LogP contribution >= 0.6 is 11.8 Å². The summed E-state index contributed by atoms with van der Waals surface area (Å²) in [5.41, 5.74) is 1.49. The molecule has 0 saturated heterocycles. The van der Waals surface area contributed by atoms with Crippen LogP contribution in [-0.2, 0) is 0 Å². The molecule has 0 nitrogen and oxygen atoms in total. The second-order valence-corrected chi connectivity index (χ2v) is 8.10. The van der Waals surface area contributed by atoms with Crippen LogP contribution in [0.25, 0.3) is 0 Å². The fraction of sp³-hybridized carbons (Fsp3) is 0.222. The molecular weight excluding hydrogens is 327 g/mol. The first-order valence-corrected chi connectivity index (χ1v) is 9.91. The van der Waals surface area contributed by atoms with Gasteiger partial charge < -0.3 is 0 Å². The summed E-state index contributed by atoms with van der Waals surface area (Å²) in [7, 11) is 0. The van der Waals surface area contributed by atoms with Crippen LogP contribution in [0, 0.1) is 0 Å². The number of hydrogen-bond donors (Lipinski definition) is 0. The van der Waals surface area contributed by atoms with Gasteiger partial charge in [0, 0.05) is 0 Å². The molecule has 0 aromatic heterocycles. The molecule has 20 heavy (non-hydrogen) atoms. The van der Waals surface area contributed by atoms with Crippen molar-refractivity contribution in [2.75, 3.05) is 5.75 Å². The van der Waals surface area contributed by atoms with Gasteiger partial charge in [-0.25, -0.2) is 0 Å². The predicted molar refractivity (Wildman–Crippen MR) is 92.2 cm³/mol. The second kappa shape index (κ2) is 9.07. The molecular formula is C18H20SSe. The van der Waals surface area contributed by atoms with Gasteiger partial charge in [-0.05, 0) is 0 Å². The number of thioether (sulfide) groups is 1.